The maximum absolute atomic E-state index is 12.0. The number of amides is 1. The molecule has 24 heavy (non-hydrogen) atoms. The van der Waals surface area contributed by atoms with E-state index >= 15 is 0 Å². The molecule has 0 fully saturated rings. The van der Waals surface area contributed by atoms with E-state index in [1.165, 1.54) is 11.8 Å². The molecule has 3 aromatic rings. The zero-order chi connectivity index (χ0) is 16.8. The highest BCUT2D eigenvalue weighted by molar-refractivity contribution is 7.99. The summed E-state index contributed by atoms with van der Waals surface area (Å²) >= 11 is 9.19. The number of aromatic nitrogens is 1. The Bertz CT molecular complexity index is 821. The van der Waals surface area contributed by atoms with Crippen LogP contribution in [-0.4, -0.2) is 16.6 Å². The molecule has 0 unspecified atom stereocenters. The van der Waals surface area contributed by atoms with Gasteiger partial charge in [-0.25, -0.2) is 4.98 Å². The summed E-state index contributed by atoms with van der Waals surface area (Å²) in [6.07, 6.45) is 0. The lowest BCUT2D eigenvalue weighted by Gasteiger charge is -2.06. The minimum Gasteiger partial charge on any atom is -0.324 e. The number of para-hydroxylation sites is 1. The van der Waals surface area contributed by atoms with Crippen LogP contribution in [0.15, 0.2) is 60.0 Å². The molecular formula is C18H15ClN2OS2. The number of hydrogen-bond acceptors (Lipinski definition) is 4. The summed E-state index contributed by atoms with van der Waals surface area (Å²) in [5, 5.41) is 6.41. The molecule has 0 aliphatic rings. The monoisotopic (exact) mass is 374 g/mol. The Kier molecular flexibility index (Phi) is 5.91. The molecule has 0 atom stereocenters. The standard InChI is InChI=1S/C18H15ClN2OS2/c19-15-8-4-5-9-16(15)21-17(22)12-23-10-14-11-24-18(20-14)13-6-2-1-3-7-13/h1-9,11H,10,12H2,(H,21,22). The van der Waals surface area contributed by atoms with Gasteiger partial charge in [0.1, 0.15) is 5.01 Å². The van der Waals surface area contributed by atoms with E-state index in [0.29, 0.717) is 22.2 Å². The second-order valence-corrected chi connectivity index (χ2v) is 7.28. The minimum absolute atomic E-state index is 0.0633. The summed E-state index contributed by atoms with van der Waals surface area (Å²) < 4.78 is 0. The van der Waals surface area contributed by atoms with Crippen LogP contribution in [0.1, 0.15) is 5.69 Å². The number of thiazole rings is 1. The van der Waals surface area contributed by atoms with Crippen molar-refractivity contribution < 1.29 is 4.79 Å². The first-order valence-electron chi connectivity index (χ1n) is 7.34. The molecule has 3 nitrogen and oxygen atoms in total. The number of thioether (sulfide) groups is 1. The van der Waals surface area contributed by atoms with Gasteiger partial charge in [0.05, 0.1) is 22.2 Å². The van der Waals surface area contributed by atoms with E-state index in [0.717, 1.165) is 16.3 Å². The number of benzene rings is 2. The second kappa shape index (κ2) is 8.33. The first-order chi connectivity index (χ1) is 11.7. The van der Waals surface area contributed by atoms with Crippen molar-refractivity contribution in [3.63, 3.8) is 0 Å². The molecule has 0 aliphatic carbocycles. The summed E-state index contributed by atoms with van der Waals surface area (Å²) in [5.74, 6) is 1.01. The van der Waals surface area contributed by atoms with Crippen LogP contribution in [0.2, 0.25) is 5.02 Å². The molecule has 0 spiro atoms. The van der Waals surface area contributed by atoms with E-state index in [9.17, 15) is 4.79 Å². The number of hydrogen-bond donors (Lipinski definition) is 1. The molecule has 1 heterocycles. The lowest BCUT2D eigenvalue weighted by atomic mass is 10.2. The molecule has 1 N–H and O–H groups in total. The van der Waals surface area contributed by atoms with Crippen LogP contribution in [0, 0.1) is 0 Å². The number of halogens is 1. The third kappa shape index (κ3) is 4.60. The smallest absolute Gasteiger partial charge is 0.234 e. The third-order valence-corrected chi connectivity index (χ3v) is 5.44. The number of anilines is 1. The van der Waals surface area contributed by atoms with E-state index in [1.54, 1.807) is 23.5 Å². The largest absolute Gasteiger partial charge is 0.324 e. The number of nitrogens with one attached hydrogen (secondary N) is 1. The fourth-order valence-corrected chi connectivity index (χ4v) is 3.91. The zero-order valence-electron chi connectivity index (χ0n) is 12.7. The number of carbonyl (C=O) groups excluding carboxylic acids is 1. The van der Waals surface area contributed by atoms with Gasteiger partial charge in [0.15, 0.2) is 0 Å². The fourth-order valence-electron chi connectivity index (χ4n) is 2.08. The SMILES string of the molecule is O=C(CSCc1csc(-c2ccccc2)n1)Nc1ccccc1Cl. The van der Waals surface area contributed by atoms with Gasteiger partial charge in [0.2, 0.25) is 5.91 Å². The predicted molar refractivity (Wildman–Crippen MR) is 104 cm³/mol. The van der Waals surface area contributed by atoms with Gasteiger partial charge in [-0.15, -0.1) is 23.1 Å². The summed E-state index contributed by atoms with van der Waals surface area (Å²) in [6.45, 7) is 0. The highest BCUT2D eigenvalue weighted by Gasteiger charge is 2.08. The van der Waals surface area contributed by atoms with E-state index in [4.69, 9.17) is 11.6 Å². The summed E-state index contributed by atoms with van der Waals surface area (Å²) in [5.41, 5.74) is 2.76. The molecule has 0 saturated heterocycles. The van der Waals surface area contributed by atoms with Crippen LogP contribution >= 0.6 is 34.7 Å². The Balaban J connectivity index is 1.49. The maximum atomic E-state index is 12.0. The molecule has 6 heteroatoms. The van der Waals surface area contributed by atoms with Gasteiger partial charge in [-0.1, -0.05) is 54.1 Å². The Morgan fingerprint density at radius 2 is 1.88 bits per heavy atom. The first-order valence-corrected chi connectivity index (χ1v) is 9.75. The number of nitrogens with zero attached hydrogens (tertiary/aromatic N) is 1. The minimum atomic E-state index is -0.0633. The molecular weight excluding hydrogens is 360 g/mol. The van der Waals surface area contributed by atoms with Gasteiger partial charge >= 0.3 is 0 Å². The lowest BCUT2D eigenvalue weighted by molar-refractivity contribution is -0.113. The van der Waals surface area contributed by atoms with E-state index < -0.39 is 0 Å². The summed E-state index contributed by atoms with van der Waals surface area (Å²) in [7, 11) is 0. The van der Waals surface area contributed by atoms with Gasteiger partial charge in [-0.05, 0) is 12.1 Å². The van der Waals surface area contributed by atoms with Crippen molar-refractivity contribution in [2.75, 3.05) is 11.1 Å². The molecule has 0 saturated carbocycles. The maximum Gasteiger partial charge on any atom is 0.234 e. The highest BCUT2D eigenvalue weighted by atomic mass is 35.5. The average molecular weight is 375 g/mol. The fraction of sp³-hybridized carbons (Fsp3) is 0.111. The lowest BCUT2D eigenvalue weighted by Crippen LogP contribution is -2.14. The molecule has 0 aliphatic heterocycles. The molecule has 2 aromatic carbocycles. The van der Waals surface area contributed by atoms with Crippen molar-refractivity contribution in [1.82, 2.24) is 4.98 Å². The van der Waals surface area contributed by atoms with Crippen LogP contribution in [0.25, 0.3) is 10.6 Å². The van der Waals surface area contributed by atoms with Gasteiger partial charge in [-0.3, -0.25) is 4.79 Å². The van der Waals surface area contributed by atoms with Crippen LogP contribution < -0.4 is 5.32 Å². The first kappa shape index (κ1) is 17.0. The zero-order valence-corrected chi connectivity index (χ0v) is 15.1. The molecule has 122 valence electrons. The topological polar surface area (TPSA) is 42.0 Å². The van der Waals surface area contributed by atoms with Crippen LogP contribution in [0.3, 0.4) is 0 Å². The van der Waals surface area contributed by atoms with E-state index in [1.807, 2.05) is 47.8 Å². The predicted octanol–water partition coefficient (Wildman–Crippen LogP) is 5.34. The Morgan fingerprint density at radius 3 is 2.67 bits per heavy atom. The summed E-state index contributed by atoms with van der Waals surface area (Å²) in [6, 6.07) is 17.3. The van der Waals surface area contributed by atoms with Crippen LogP contribution in [0.5, 0.6) is 0 Å². The van der Waals surface area contributed by atoms with Crippen molar-refractivity contribution in [3.05, 3.63) is 70.7 Å². The van der Waals surface area contributed by atoms with Crippen LogP contribution in [-0.2, 0) is 10.5 Å². The van der Waals surface area contributed by atoms with Gasteiger partial charge < -0.3 is 5.32 Å². The van der Waals surface area contributed by atoms with Crippen molar-refractivity contribution in [2.45, 2.75) is 5.75 Å². The van der Waals surface area contributed by atoms with Crippen molar-refractivity contribution >= 4 is 46.3 Å². The normalized spacial score (nSPS) is 10.5. The Labute approximate surface area is 154 Å². The quantitative estimate of drug-likeness (QED) is 0.633. The number of carbonyl (C=O) groups is 1. The highest BCUT2D eigenvalue weighted by Crippen LogP contribution is 2.25. The van der Waals surface area contributed by atoms with E-state index in [-0.39, 0.29) is 5.91 Å². The summed E-state index contributed by atoms with van der Waals surface area (Å²) in [4.78, 5) is 16.6. The number of rotatable bonds is 6. The molecule has 1 aromatic heterocycles. The van der Waals surface area contributed by atoms with Crippen molar-refractivity contribution in [1.29, 1.82) is 0 Å². The van der Waals surface area contributed by atoms with Gasteiger partial charge in [0, 0.05) is 16.7 Å². The molecule has 3 rings (SSSR count). The molecule has 0 radical (unpaired) electrons. The van der Waals surface area contributed by atoms with E-state index in [2.05, 4.69) is 10.3 Å². The van der Waals surface area contributed by atoms with Crippen LogP contribution in [0.4, 0.5) is 5.69 Å². The van der Waals surface area contributed by atoms with Gasteiger partial charge in [0.25, 0.3) is 0 Å². The van der Waals surface area contributed by atoms with Gasteiger partial charge in [-0.2, -0.15) is 0 Å². The Morgan fingerprint density at radius 1 is 1.12 bits per heavy atom. The molecule has 1 amide bonds. The molecule has 0 bridgehead atoms. The second-order valence-electron chi connectivity index (χ2n) is 5.03. The van der Waals surface area contributed by atoms with Crippen molar-refractivity contribution in [2.24, 2.45) is 0 Å². The third-order valence-electron chi connectivity index (χ3n) is 3.20. The average Bonchev–Trinajstić information content (AvgIpc) is 3.07. The van der Waals surface area contributed by atoms with Crippen molar-refractivity contribution in [3.8, 4) is 10.6 Å². The Hall–Kier alpha value is -1.82.